The maximum absolute atomic E-state index is 12.5. The van der Waals surface area contributed by atoms with Crippen LogP contribution in [0.4, 0.5) is 0 Å². The standard InChI is InChI=1S/C18H22O3/c1-11-9-18(20-10-11)14-7-6-13-12(15(14)16(19)21-18)5-4-8-17(13,2)3/h6-7,11H,4-5,8-10H2,1-3H3. The minimum absolute atomic E-state index is 0.141. The van der Waals surface area contributed by atoms with Crippen molar-refractivity contribution in [1.82, 2.24) is 0 Å². The second kappa shape index (κ2) is 4.10. The average molecular weight is 286 g/mol. The van der Waals surface area contributed by atoms with Gasteiger partial charge in [-0.2, -0.15) is 0 Å². The van der Waals surface area contributed by atoms with Gasteiger partial charge in [-0.15, -0.1) is 0 Å². The van der Waals surface area contributed by atoms with E-state index in [-0.39, 0.29) is 11.4 Å². The van der Waals surface area contributed by atoms with Crippen LogP contribution in [0.3, 0.4) is 0 Å². The molecule has 2 aliphatic heterocycles. The number of benzene rings is 1. The Morgan fingerprint density at radius 2 is 2.00 bits per heavy atom. The fourth-order valence-electron chi connectivity index (χ4n) is 4.30. The van der Waals surface area contributed by atoms with E-state index in [0.29, 0.717) is 12.5 Å². The molecule has 112 valence electrons. The van der Waals surface area contributed by atoms with E-state index in [1.807, 2.05) is 0 Å². The largest absolute Gasteiger partial charge is 0.425 e. The molecule has 3 heteroatoms. The number of rotatable bonds is 0. The first-order valence-electron chi connectivity index (χ1n) is 7.97. The molecule has 1 aromatic carbocycles. The molecule has 0 aromatic heterocycles. The second-order valence-electron chi connectivity index (χ2n) is 7.51. The summed E-state index contributed by atoms with van der Waals surface area (Å²) in [5, 5.41) is 0. The zero-order chi connectivity index (χ0) is 14.8. The summed E-state index contributed by atoms with van der Waals surface area (Å²) < 4.78 is 11.6. The third kappa shape index (κ3) is 1.73. The minimum atomic E-state index is -0.803. The Kier molecular flexibility index (Phi) is 2.60. The molecule has 1 aliphatic carbocycles. The van der Waals surface area contributed by atoms with E-state index < -0.39 is 5.79 Å². The molecule has 0 amide bonds. The van der Waals surface area contributed by atoms with Crippen LogP contribution in [0.25, 0.3) is 0 Å². The van der Waals surface area contributed by atoms with Crippen molar-refractivity contribution >= 4 is 5.97 Å². The molecule has 2 heterocycles. The molecule has 1 spiro atoms. The summed E-state index contributed by atoms with van der Waals surface area (Å²) >= 11 is 0. The van der Waals surface area contributed by atoms with Gasteiger partial charge in [-0.1, -0.05) is 32.9 Å². The monoisotopic (exact) mass is 286 g/mol. The van der Waals surface area contributed by atoms with Crippen LogP contribution in [-0.4, -0.2) is 12.6 Å². The number of fused-ring (bicyclic) bond motifs is 4. The number of hydrogen-bond donors (Lipinski definition) is 0. The van der Waals surface area contributed by atoms with Crippen LogP contribution in [0.1, 0.15) is 67.1 Å². The third-order valence-corrected chi connectivity index (χ3v) is 5.36. The highest BCUT2D eigenvalue weighted by molar-refractivity contribution is 5.96. The van der Waals surface area contributed by atoms with Gasteiger partial charge in [0, 0.05) is 12.0 Å². The molecule has 1 aromatic rings. The predicted octanol–water partition coefficient (Wildman–Crippen LogP) is 3.68. The number of carbonyl (C=O) groups excluding carboxylic acids is 1. The van der Waals surface area contributed by atoms with E-state index in [2.05, 4.69) is 32.9 Å². The van der Waals surface area contributed by atoms with Crippen molar-refractivity contribution in [3.8, 4) is 0 Å². The summed E-state index contributed by atoms with van der Waals surface area (Å²) in [6, 6.07) is 4.27. The van der Waals surface area contributed by atoms with E-state index in [1.54, 1.807) is 0 Å². The highest BCUT2D eigenvalue weighted by atomic mass is 16.7. The van der Waals surface area contributed by atoms with Crippen LogP contribution >= 0.6 is 0 Å². The maximum Gasteiger partial charge on any atom is 0.341 e. The van der Waals surface area contributed by atoms with Gasteiger partial charge >= 0.3 is 5.97 Å². The van der Waals surface area contributed by atoms with E-state index in [0.717, 1.165) is 30.4 Å². The van der Waals surface area contributed by atoms with Crippen LogP contribution in [0.2, 0.25) is 0 Å². The first-order valence-corrected chi connectivity index (χ1v) is 7.97. The molecule has 3 nitrogen and oxygen atoms in total. The van der Waals surface area contributed by atoms with Crippen molar-refractivity contribution in [2.24, 2.45) is 5.92 Å². The lowest BCUT2D eigenvalue weighted by molar-refractivity contribution is -0.172. The Hall–Kier alpha value is -1.35. The lowest BCUT2D eigenvalue weighted by Gasteiger charge is -2.33. The van der Waals surface area contributed by atoms with E-state index in [9.17, 15) is 4.79 Å². The van der Waals surface area contributed by atoms with Crippen LogP contribution in [0.5, 0.6) is 0 Å². The van der Waals surface area contributed by atoms with Crippen molar-refractivity contribution in [2.45, 2.75) is 57.7 Å². The Balaban J connectivity index is 1.91. The smallest absolute Gasteiger partial charge is 0.341 e. The quantitative estimate of drug-likeness (QED) is 0.682. The number of ether oxygens (including phenoxy) is 2. The van der Waals surface area contributed by atoms with Gasteiger partial charge in [0.15, 0.2) is 0 Å². The molecule has 0 saturated carbocycles. The Bertz CT molecular complexity index is 632. The fraction of sp³-hybridized carbons (Fsp3) is 0.611. The van der Waals surface area contributed by atoms with Gasteiger partial charge in [0.1, 0.15) is 0 Å². The summed E-state index contributed by atoms with van der Waals surface area (Å²) in [6.45, 7) is 7.33. The summed E-state index contributed by atoms with van der Waals surface area (Å²) in [5.41, 5.74) is 4.42. The summed E-state index contributed by atoms with van der Waals surface area (Å²) in [4.78, 5) is 12.5. The minimum Gasteiger partial charge on any atom is -0.425 e. The molecular formula is C18H22O3. The normalized spacial score (nSPS) is 32.9. The Morgan fingerprint density at radius 1 is 1.24 bits per heavy atom. The van der Waals surface area contributed by atoms with Crippen molar-refractivity contribution in [2.75, 3.05) is 6.61 Å². The molecule has 1 fully saturated rings. The van der Waals surface area contributed by atoms with E-state index >= 15 is 0 Å². The van der Waals surface area contributed by atoms with Gasteiger partial charge in [-0.25, -0.2) is 4.79 Å². The summed E-state index contributed by atoms with van der Waals surface area (Å²) in [6.07, 6.45) is 4.05. The van der Waals surface area contributed by atoms with Gasteiger partial charge in [0.2, 0.25) is 5.79 Å². The predicted molar refractivity (Wildman–Crippen MR) is 79.2 cm³/mol. The molecule has 0 bridgehead atoms. The first kappa shape index (κ1) is 13.3. The fourth-order valence-corrected chi connectivity index (χ4v) is 4.30. The molecule has 4 rings (SSSR count). The molecule has 21 heavy (non-hydrogen) atoms. The van der Waals surface area contributed by atoms with Crippen molar-refractivity contribution in [1.29, 1.82) is 0 Å². The van der Waals surface area contributed by atoms with Gasteiger partial charge in [-0.3, -0.25) is 0 Å². The van der Waals surface area contributed by atoms with Crippen LogP contribution in [0, 0.1) is 5.92 Å². The van der Waals surface area contributed by atoms with Gasteiger partial charge in [0.25, 0.3) is 0 Å². The SMILES string of the molecule is CC1COC2(C1)OC(=O)c1c2ccc2c1CCCC2(C)C. The number of esters is 1. The average Bonchev–Trinajstić information content (AvgIpc) is 2.91. The van der Waals surface area contributed by atoms with E-state index in [1.165, 1.54) is 17.5 Å². The zero-order valence-corrected chi connectivity index (χ0v) is 13.0. The van der Waals surface area contributed by atoms with Crippen LogP contribution in [0.15, 0.2) is 12.1 Å². The van der Waals surface area contributed by atoms with Crippen molar-refractivity contribution in [3.05, 3.63) is 34.4 Å². The van der Waals surface area contributed by atoms with Crippen LogP contribution in [-0.2, 0) is 27.1 Å². The topological polar surface area (TPSA) is 35.5 Å². The highest BCUT2D eigenvalue weighted by Gasteiger charge is 2.52. The summed E-state index contributed by atoms with van der Waals surface area (Å²) in [5.74, 6) is -0.562. The lowest BCUT2D eigenvalue weighted by atomic mass is 9.71. The Labute approximate surface area is 125 Å². The third-order valence-electron chi connectivity index (χ3n) is 5.36. The molecule has 2 atom stereocenters. The van der Waals surface area contributed by atoms with Crippen LogP contribution < -0.4 is 0 Å². The number of hydrogen-bond acceptors (Lipinski definition) is 3. The van der Waals surface area contributed by atoms with Crippen molar-refractivity contribution < 1.29 is 14.3 Å². The number of carbonyl (C=O) groups is 1. The molecular weight excluding hydrogens is 264 g/mol. The highest BCUT2D eigenvalue weighted by Crippen LogP contribution is 2.50. The molecule has 2 unspecified atom stereocenters. The lowest BCUT2D eigenvalue weighted by Crippen LogP contribution is -2.26. The summed E-state index contributed by atoms with van der Waals surface area (Å²) in [7, 11) is 0. The molecule has 3 aliphatic rings. The molecule has 0 N–H and O–H groups in total. The second-order valence-corrected chi connectivity index (χ2v) is 7.51. The van der Waals surface area contributed by atoms with E-state index in [4.69, 9.17) is 9.47 Å². The molecule has 0 radical (unpaired) electrons. The van der Waals surface area contributed by atoms with Crippen molar-refractivity contribution in [3.63, 3.8) is 0 Å². The Morgan fingerprint density at radius 3 is 2.71 bits per heavy atom. The first-order chi connectivity index (χ1) is 9.93. The molecule has 1 saturated heterocycles. The zero-order valence-electron chi connectivity index (χ0n) is 13.0. The van der Waals surface area contributed by atoms with Gasteiger partial charge < -0.3 is 9.47 Å². The maximum atomic E-state index is 12.5. The van der Waals surface area contributed by atoms with Gasteiger partial charge in [-0.05, 0) is 41.7 Å². The van der Waals surface area contributed by atoms with Gasteiger partial charge in [0.05, 0.1) is 12.2 Å².